The molecule has 1 amide bonds. The zero-order valence-electron chi connectivity index (χ0n) is 13.0. The Kier molecular flexibility index (Phi) is 4.36. The SMILES string of the molecule is CCNc1ccc(C)cc1C(=O)NC1CCCC1(C)C. The summed E-state index contributed by atoms with van der Waals surface area (Å²) >= 11 is 0. The van der Waals surface area contributed by atoms with Gasteiger partial charge in [0.05, 0.1) is 5.56 Å². The van der Waals surface area contributed by atoms with Crippen molar-refractivity contribution >= 4 is 11.6 Å². The lowest BCUT2D eigenvalue weighted by atomic mass is 9.87. The van der Waals surface area contributed by atoms with Gasteiger partial charge >= 0.3 is 0 Å². The zero-order chi connectivity index (χ0) is 14.8. The van der Waals surface area contributed by atoms with Crippen LogP contribution in [0.2, 0.25) is 0 Å². The molecule has 0 aliphatic heterocycles. The molecule has 0 bridgehead atoms. The summed E-state index contributed by atoms with van der Waals surface area (Å²) in [5.41, 5.74) is 3.00. The van der Waals surface area contributed by atoms with E-state index < -0.39 is 0 Å². The lowest BCUT2D eigenvalue weighted by Gasteiger charge is -2.28. The smallest absolute Gasteiger partial charge is 0.253 e. The molecule has 20 heavy (non-hydrogen) atoms. The Balaban J connectivity index is 2.18. The summed E-state index contributed by atoms with van der Waals surface area (Å²) in [6.45, 7) is 9.37. The summed E-state index contributed by atoms with van der Waals surface area (Å²) in [7, 11) is 0. The second-order valence-corrected chi connectivity index (χ2v) is 6.49. The maximum absolute atomic E-state index is 12.6. The molecule has 0 saturated heterocycles. The largest absolute Gasteiger partial charge is 0.385 e. The lowest BCUT2D eigenvalue weighted by molar-refractivity contribution is 0.0910. The number of anilines is 1. The van der Waals surface area contributed by atoms with Gasteiger partial charge in [-0.15, -0.1) is 0 Å². The fourth-order valence-corrected chi connectivity index (χ4v) is 3.02. The highest BCUT2D eigenvalue weighted by Crippen LogP contribution is 2.37. The minimum Gasteiger partial charge on any atom is -0.385 e. The third-order valence-corrected chi connectivity index (χ3v) is 4.35. The van der Waals surface area contributed by atoms with E-state index in [0.29, 0.717) is 0 Å². The average molecular weight is 274 g/mol. The first-order valence-corrected chi connectivity index (χ1v) is 7.59. The van der Waals surface area contributed by atoms with Crippen molar-refractivity contribution in [1.29, 1.82) is 0 Å². The van der Waals surface area contributed by atoms with Crippen LogP contribution in [0.25, 0.3) is 0 Å². The maximum Gasteiger partial charge on any atom is 0.253 e. The molecule has 110 valence electrons. The van der Waals surface area contributed by atoms with Crippen LogP contribution in [0.3, 0.4) is 0 Å². The summed E-state index contributed by atoms with van der Waals surface area (Å²) in [5, 5.41) is 6.50. The van der Waals surface area contributed by atoms with Crippen LogP contribution in [0, 0.1) is 12.3 Å². The minimum absolute atomic E-state index is 0.0459. The Hall–Kier alpha value is -1.51. The normalized spacial score (nSPS) is 20.7. The topological polar surface area (TPSA) is 41.1 Å². The Morgan fingerprint density at radius 1 is 1.40 bits per heavy atom. The van der Waals surface area contributed by atoms with E-state index in [1.54, 1.807) is 0 Å². The second kappa shape index (κ2) is 5.86. The van der Waals surface area contributed by atoms with E-state index in [0.717, 1.165) is 29.8 Å². The molecule has 1 unspecified atom stereocenters. The van der Waals surface area contributed by atoms with Gasteiger partial charge in [-0.1, -0.05) is 31.9 Å². The number of nitrogens with one attached hydrogen (secondary N) is 2. The predicted molar refractivity (Wildman–Crippen MR) is 84.2 cm³/mol. The van der Waals surface area contributed by atoms with E-state index in [1.165, 1.54) is 12.8 Å². The van der Waals surface area contributed by atoms with Crippen molar-refractivity contribution in [2.75, 3.05) is 11.9 Å². The molecule has 1 aromatic rings. The van der Waals surface area contributed by atoms with E-state index in [9.17, 15) is 4.79 Å². The summed E-state index contributed by atoms with van der Waals surface area (Å²) in [4.78, 5) is 12.6. The lowest BCUT2D eigenvalue weighted by Crippen LogP contribution is -2.41. The van der Waals surface area contributed by atoms with Crippen molar-refractivity contribution in [3.63, 3.8) is 0 Å². The molecular weight excluding hydrogens is 248 g/mol. The minimum atomic E-state index is 0.0459. The number of aryl methyl sites for hydroxylation is 1. The summed E-state index contributed by atoms with van der Waals surface area (Å²) in [5.74, 6) is 0.0459. The van der Waals surface area contributed by atoms with Gasteiger partial charge in [-0.2, -0.15) is 0 Å². The van der Waals surface area contributed by atoms with E-state index in [1.807, 2.05) is 32.0 Å². The molecule has 1 saturated carbocycles. The third-order valence-electron chi connectivity index (χ3n) is 4.35. The van der Waals surface area contributed by atoms with Crippen LogP contribution in [-0.4, -0.2) is 18.5 Å². The first-order valence-electron chi connectivity index (χ1n) is 7.59. The fourth-order valence-electron chi connectivity index (χ4n) is 3.02. The van der Waals surface area contributed by atoms with Gasteiger partial charge < -0.3 is 10.6 Å². The Bertz CT molecular complexity index is 494. The van der Waals surface area contributed by atoms with Crippen molar-refractivity contribution in [3.8, 4) is 0 Å². The van der Waals surface area contributed by atoms with Crippen molar-refractivity contribution < 1.29 is 4.79 Å². The number of benzene rings is 1. The second-order valence-electron chi connectivity index (χ2n) is 6.49. The molecule has 1 aliphatic carbocycles. The van der Waals surface area contributed by atoms with Crippen LogP contribution in [0.1, 0.15) is 56.0 Å². The molecular formula is C17H26N2O. The van der Waals surface area contributed by atoms with Crippen molar-refractivity contribution in [1.82, 2.24) is 5.32 Å². The number of hydrogen-bond donors (Lipinski definition) is 2. The predicted octanol–water partition coefficient (Wildman–Crippen LogP) is 3.74. The van der Waals surface area contributed by atoms with E-state index in [2.05, 4.69) is 24.5 Å². The molecule has 2 N–H and O–H groups in total. The van der Waals surface area contributed by atoms with Gasteiger partial charge in [0.15, 0.2) is 0 Å². The average Bonchev–Trinajstić information content (AvgIpc) is 2.71. The van der Waals surface area contributed by atoms with E-state index in [4.69, 9.17) is 0 Å². The summed E-state index contributed by atoms with van der Waals surface area (Å²) in [6, 6.07) is 6.28. The van der Waals surface area contributed by atoms with Gasteiger partial charge in [-0.3, -0.25) is 4.79 Å². The molecule has 1 fully saturated rings. The highest BCUT2D eigenvalue weighted by atomic mass is 16.1. The number of carbonyl (C=O) groups is 1. The van der Waals surface area contributed by atoms with Gasteiger partial charge in [0.2, 0.25) is 0 Å². The molecule has 1 atom stereocenters. The van der Waals surface area contributed by atoms with Crippen LogP contribution in [0.15, 0.2) is 18.2 Å². The fraction of sp³-hybridized carbons (Fsp3) is 0.588. The number of carbonyl (C=O) groups excluding carboxylic acids is 1. The number of amides is 1. The van der Waals surface area contributed by atoms with Crippen molar-refractivity contribution in [2.45, 2.75) is 53.0 Å². The van der Waals surface area contributed by atoms with Gasteiger partial charge in [-0.05, 0) is 44.2 Å². The molecule has 1 aliphatic rings. The standard InChI is InChI=1S/C17H26N2O/c1-5-18-14-9-8-12(2)11-13(14)16(20)19-15-7-6-10-17(15,3)4/h8-9,11,15,18H,5-7,10H2,1-4H3,(H,19,20). The molecule has 0 radical (unpaired) electrons. The molecule has 1 aromatic carbocycles. The number of rotatable bonds is 4. The van der Waals surface area contributed by atoms with Crippen molar-refractivity contribution in [3.05, 3.63) is 29.3 Å². The van der Waals surface area contributed by atoms with E-state index >= 15 is 0 Å². The van der Waals surface area contributed by atoms with Crippen LogP contribution >= 0.6 is 0 Å². The Morgan fingerprint density at radius 2 is 2.15 bits per heavy atom. The van der Waals surface area contributed by atoms with E-state index in [-0.39, 0.29) is 17.4 Å². The van der Waals surface area contributed by atoms with Gasteiger partial charge in [0.25, 0.3) is 5.91 Å². The highest BCUT2D eigenvalue weighted by Gasteiger charge is 2.35. The molecule has 3 heteroatoms. The zero-order valence-corrected chi connectivity index (χ0v) is 13.0. The first kappa shape index (κ1) is 14.9. The molecule has 2 rings (SSSR count). The Morgan fingerprint density at radius 3 is 2.75 bits per heavy atom. The molecule has 3 nitrogen and oxygen atoms in total. The van der Waals surface area contributed by atoms with Gasteiger partial charge in [0.1, 0.15) is 0 Å². The molecule has 0 heterocycles. The quantitative estimate of drug-likeness (QED) is 0.878. The maximum atomic E-state index is 12.6. The summed E-state index contributed by atoms with van der Waals surface area (Å²) < 4.78 is 0. The van der Waals surface area contributed by atoms with Crippen LogP contribution in [-0.2, 0) is 0 Å². The van der Waals surface area contributed by atoms with Crippen LogP contribution in [0.5, 0.6) is 0 Å². The van der Waals surface area contributed by atoms with Gasteiger partial charge in [-0.25, -0.2) is 0 Å². The summed E-state index contributed by atoms with van der Waals surface area (Å²) in [6.07, 6.45) is 3.47. The monoisotopic (exact) mass is 274 g/mol. The molecule has 0 spiro atoms. The van der Waals surface area contributed by atoms with Crippen molar-refractivity contribution in [2.24, 2.45) is 5.41 Å². The highest BCUT2D eigenvalue weighted by molar-refractivity contribution is 6.00. The molecule has 0 aromatic heterocycles. The first-order chi connectivity index (χ1) is 9.44. The third kappa shape index (κ3) is 3.14. The van der Waals surface area contributed by atoms with Crippen LogP contribution < -0.4 is 10.6 Å². The Labute approximate surface area is 122 Å². The van der Waals surface area contributed by atoms with Gasteiger partial charge in [0, 0.05) is 18.3 Å². The number of hydrogen-bond acceptors (Lipinski definition) is 2. The van der Waals surface area contributed by atoms with Crippen LogP contribution in [0.4, 0.5) is 5.69 Å².